The molecule has 0 saturated carbocycles. The van der Waals surface area contributed by atoms with Crippen LogP contribution in [0.25, 0.3) is 44.1 Å². The van der Waals surface area contributed by atoms with Gasteiger partial charge >= 0.3 is 12.1 Å². The van der Waals surface area contributed by atoms with Gasteiger partial charge in [-0.05, 0) is 74.5 Å². The maximum Gasteiger partial charge on any atom is 0.323 e. The average molecular weight is 1080 g/mol. The number of fused-ring (bicyclic) bond motifs is 2. The zero-order chi connectivity index (χ0) is 52.8. The zero-order valence-electron chi connectivity index (χ0n) is 38.8. The fraction of sp³-hybridized carbons (Fsp3) is 0.115. The molecule has 0 radical (unpaired) electrons. The quantitative estimate of drug-likeness (QED) is 0.0636. The van der Waals surface area contributed by atoms with Gasteiger partial charge in [0.05, 0.1) is 39.6 Å². The van der Waals surface area contributed by atoms with Crippen LogP contribution in [0.1, 0.15) is 13.8 Å². The van der Waals surface area contributed by atoms with Gasteiger partial charge in [0.25, 0.3) is 11.1 Å². The molecular formula is C52H38BrClF2N12O6. The van der Waals surface area contributed by atoms with Gasteiger partial charge in [0.2, 0.25) is 11.8 Å². The van der Waals surface area contributed by atoms with Gasteiger partial charge in [-0.25, -0.2) is 28.3 Å². The molecule has 18 nitrogen and oxygen atoms in total. The molecule has 4 heterocycles. The lowest BCUT2D eigenvalue weighted by atomic mass is 9.93. The number of pyridine rings is 4. The summed E-state index contributed by atoms with van der Waals surface area (Å²) in [5.41, 5.74) is 0.487. The summed E-state index contributed by atoms with van der Waals surface area (Å²) in [6.45, 7) is 3.60. The Morgan fingerprint density at radius 2 is 1.01 bits per heavy atom. The van der Waals surface area contributed by atoms with Crippen molar-refractivity contribution in [1.29, 1.82) is 10.5 Å². The van der Waals surface area contributed by atoms with Crippen molar-refractivity contribution in [3.63, 3.8) is 0 Å². The standard InChI is InChI=1S/C52H38BrClF2N12O6/c1-3-67-43-21-45(59-25-27(43)15-33(49(67)71)31-17-41(39(55)19-37(31)53)63-51(73)61-29-11-7-5-8-12-29)65-47(69)35(23-57)36(24-58)48(70)66-46-22-44-28(26-60-46)16-34(50(72)68(44)4-2)32-18-42(40(56)20-38(32)54)64-52(74)62-30-13-9-6-10-14-30/h5-22,25-26,35-36H,3-4H2,1-2H3,(H,59,65,69)(H,60,66,70)(H2,61,63,73)(H2,62,64,74). The van der Waals surface area contributed by atoms with Crippen molar-refractivity contribution >= 4 is 108 Å². The van der Waals surface area contributed by atoms with Crippen molar-refractivity contribution in [2.75, 3.05) is 31.9 Å². The summed E-state index contributed by atoms with van der Waals surface area (Å²) in [6.07, 6.45) is 2.67. The highest BCUT2D eigenvalue weighted by atomic mass is 79.9. The topological polar surface area (TPSA) is 258 Å². The normalized spacial score (nSPS) is 11.7. The highest BCUT2D eigenvalue weighted by Crippen LogP contribution is 2.35. The molecule has 0 aliphatic rings. The van der Waals surface area contributed by atoms with Crippen LogP contribution in [0.5, 0.6) is 0 Å². The number of halogens is 4. The van der Waals surface area contributed by atoms with Gasteiger partial charge in [-0.2, -0.15) is 10.5 Å². The molecule has 0 aliphatic heterocycles. The molecule has 8 aromatic rings. The number of carbonyl (C=O) groups is 4. The van der Waals surface area contributed by atoms with Crippen LogP contribution < -0.4 is 43.0 Å². The lowest BCUT2D eigenvalue weighted by Gasteiger charge is -2.17. The molecule has 0 bridgehead atoms. The largest absolute Gasteiger partial charge is 0.323 e. The SMILES string of the molecule is CCn1c(=O)c(-c2cc(NC(=O)Nc3ccccc3)c(F)cc2Cl)cc2cnc(NC(=O)C(C#N)C(C#N)C(=O)Nc3cc4c(cn3)cc(-c3cc(NC(=O)Nc5ccccc5)c(F)cc3Br)c(=O)n4CC)cc21. The minimum Gasteiger partial charge on any atom is -0.309 e. The van der Waals surface area contributed by atoms with Crippen molar-refractivity contribution in [3.8, 4) is 34.4 Å². The Labute approximate surface area is 431 Å². The minimum absolute atomic E-state index is 0.0404. The fourth-order valence-electron chi connectivity index (χ4n) is 7.99. The number of urea groups is 2. The molecule has 370 valence electrons. The van der Waals surface area contributed by atoms with Gasteiger partial charge in [-0.3, -0.25) is 19.2 Å². The summed E-state index contributed by atoms with van der Waals surface area (Å²) in [4.78, 5) is 89.4. The number of aryl methyl sites for hydroxylation is 2. The number of rotatable bonds is 13. The van der Waals surface area contributed by atoms with Crippen LogP contribution in [0.4, 0.5) is 52.8 Å². The monoisotopic (exact) mass is 1080 g/mol. The highest BCUT2D eigenvalue weighted by molar-refractivity contribution is 9.10. The Bertz CT molecular complexity index is 3550. The summed E-state index contributed by atoms with van der Waals surface area (Å²) in [7, 11) is 0. The molecule has 22 heteroatoms. The summed E-state index contributed by atoms with van der Waals surface area (Å²) in [6, 6.07) is 29.3. The summed E-state index contributed by atoms with van der Waals surface area (Å²) < 4.78 is 33.1. The van der Waals surface area contributed by atoms with Crippen LogP contribution >= 0.6 is 27.5 Å². The second-order valence-corrected chi connectivity index (χ2v) is 17.4. The maximum atomic E-state index is 15.1. The number of carbonyl (C=O) groups excluding carboxylic acids is 4. The van der Waals surface area contributed by atoms with Gasteiger partial charge in [0.1, 0.15) is 35.1 Å². The molecule has 0 spiro atoms. The second kappa shape index (κ2) is 22.0. The number of nitrogens with one attached hydrogen (secondary N) is 6. The van der Waals surface area contributed by atoms with E-state index < -0.39 is 58.5 Å². The third-order valence-corrected chi connectivity index (χ3v) is 12.5. The van der Waals surface area contributed by atoms with E-state index in [1.807, 2.05) is 0 Å². The number of hydrogen-bond acceptors (Lipinski definition) is 10. The van der Waals surface area contributed by atoms with Crippen molar-refractivity contribution in [2.45, 2.75) is 26.9 Å². The van der Waals surface area contributed by atoms with Crippen molar-refractivity contribution in [2.24, 2.45) is 11.8 Å². The molecule has 0 fully saturated rings. The molecule has 6 N–H and O–H groups in total. The van der Waals surface area contributed by atoms with Crippen LogP contribution in [-0.2, 0) is 22.7 Å². The summed E-state index contributed by atoms with van der Waals surface area (Å²) in [5, 5.41) is 36.0. The van der Waals surface area contributed by atoms with E-state index in [0.29, 0.717) is 27.7 Å². The Kier molecular flexibility index (Phi) is 15.2. The third-order valence-electron chi connectivity index (χ3n) is 11.5. The predicted octanol–water partition coefficient (Wildman–Crippen LogP) is 10.3. The smallest absolute Gasteiger partial charge is 0.309 e. The van der Waals surface area contributed by atoms with Crippen molar-refractivity contribution < 1.29 is 28.0 Å². The van der Waals surface area contributed by atoms with Gasteiger partial charge < -0.3 is 41.0 Å². The van der Waals surface area contributed by atoms with Crippen LogP contribution in [-0.4, -0.2) is 43.0 Å². The maximum absolute atomic E-state index is 15.1. The Morgan fingerprint density at radius 3 is 1.45 bits per heavy atom. The van der Waals surface area contributed by atoms with Crippen LogP contribution in [0.3, 0.4) is 0 Å². The average Bonchev–Trinajstić information content (AvgIpc) is 3.37. The zero-order valence-corrected chi connectivity index (χ0v) is 41.1. The van der Waals surface area contributed by atoms with Gasteiger partial charge in [0, 0.05) is 86.5 Å². The van der Waals surface area contributed by atoms with E-state index in [4.69, 9.17) is 11.6 Å². The molecule has 4 aromatic heterocycles. The number of hydrogen-bond donors (Lipinski definition) is 6. The molecule has 0 aliphatic carbocycles. The molecule has 6 amide bonds. The number of aromatic nitrogens is 4. The third kappa shape index (κ3) is 10.8. The van der Waals surface area contributed by atoms with Crippen molar-refractivity contribution in [1.82, 2.24) is 19.1 Å². The number of amides is 6. The first kappa shape index (κ1) is 51.1. The van der Waals surface area contributed by atoms with E-state index in [2.05, 4.69) is 57.8 Å². The molecular weight excluding hydrogens is 1040 g/mol. The van der Waals surface area contributed by atoms with Crippen LogP contribution in [0.15, 0.2) is 136 Å². The molecule has 4 aromatic carbocycles. The molecule has 2 atom stereocenters. The number of benzene rings is 4. The predicted molar refractivity (Wildman–Crippen MR) is 280 cm³/mol. The lowest BCUT2D eigenvalue weighted by Crippen LogP contribution is -2.35. The number of para-hydroxylation sites is 2. The van der Waals surface area contributed by atoms with E-state index in [1.165, 1.54) is 57.9 Å². The van der Waals surface area contributed by atoms with E-state index in [0.717, 1.165) is 12.1 Å². The van der Waals surface area contributed by atoms with Gasteiger partial charge in [0.15, 0.2) is 0 Å². The molecule has 0 saturated heterocycles. The first-order valence-electron chi connectivity index (χ1n) is 22.3. The molecule has 74 heavy (non-hydrogen) atoms. The van der Waals surface area contributed by atoms with Crippen LogP contribution in [0, 0.1) is 46.1 Å². The first-order valence-corrected chi connectivity index (χ1v) is 23.5. The number of anilines is 6. The molecule has 8 rings (SSSR count). The van der Waals surface area contributed by atoms with Crippen LogP contribution in [0.2, 0.25) is 5.02 Å². The number of nitrogens with zero attached hydrogens (tertiary/aromatic N) is 6. The highest BCUT2D eigenvalue weighted by Gasteiger charge is 2.35. The van der Waals surface area contributed by atoms with E-state index in [-0.39, 0.29) is 73.4 Å². The second-order valence-electron chi connectivity index (χ2n) is 16.2. The summed E-state index contributed by atoms with van der Waals surface area (Å²) >= 11 is 9.80. The van der Waals surface area contributed by atoms with Crippen molar-refractivity contribution in [3.05, 3.63) is 163 Å². The first-order chi connectivity index (χ1) is 35.6. The lowest BCUT2D eigenvalue weighted by molar-refractivity contribution is -0.125. The molecule has 2 unspecified atom stereocenters. The minimum atomic E-state index is -1.89. The van der Waals surface area contributed by atoms with E-state index >= 15 is 8.78 Å². The van der Waals surface area contributed by atoms with Gasteiger partial charge in [-0.15, -0.1) is 0 Å². The fourth-order valence-corrected chi connectivity index (χ4v) is 8.77. The van der Waals surface area contributed by atoms with E-state index in [1.54, 1.807) is 86.6 Å². The van der Waals surface area contributed by atoms with Gasteiger partial charge in [-0.1, -0.05) is 63.9 Å². The Morgan fingerprint density at radius 1 is 0.595 bits per heavy atom. The van der Waals surface area contributed by atoms with E-state index in [9.17, 15) is 39.3 Å². The number of nitriles is 2. The summed E-state index contributed by atoms with van der Waals surface area (Å²) in [5.74, 6) is -7.79. The Balaban J connectivity index is 0.996. The Hall–Kier alpha value is -9.31.